The highest BCUT2D eigenvalue weighted by Crippen LogP contribution is 2.18. The second-order valence-electron chi connectivity index (χ2n) is 6.80. The van der Waals surface area contributed by atoms with Crippen LogP contribution in [0, 0.1) is 6.92 Å². The summed E-state index contributed by atoms with van der Waals surface area (Å²) in [7, 11) is 0.830. The van der Waals surface area contributed by atoms with Crippen molar-refractivity contribution in [3.63, 3.8) is 0 Å². The van der Waals surface area contributed by atoms with E-state index in [4.69, 9.17) is 4.74 Å². The van der Waals surface area contributed by atoms with Crippen LogP contribution < -0.4 is 14.4 Å². The number of nitrogens with zero attached hydrogens (tertiary/aromatic N) is 2. The van der Waals surface area contributed by atoms with Crippen molar-refractivity contribution in [2.24, 2.45) is 0 Å². The lowest BCUT2D eigenvalue weighted by atomic mass is 10.2. The average Bonchev–Trinajstić information content (AvgIpc) is 2.66. The van der Waals surface area contributed by atoms with E-state index in [0.29, 0.717) is 17.9 Å². The highest BCUT2D eigenvalue weighted by atomic mass is 32.2. The number of ether oxygens (including phenoxy) is 1. The Labute approximate surface area is 167 Å². The van der Waals surface area contributed by atoms with Gasteiger partial charge in [-0.2, -0.15) is 12.7 Å². The van der Waals surface area contributed by atoms with Crippen LogP contribution in [0.4, 0.5) is 5.69 Å². The molecule has 1 unspecified atom stereocenters. The summed E-state index contributed by atoms with van der Waals surface area (Å²) in [4.78, 5) is 12.4. The third kappa shape index (κ3) is 5.46. The first-order valence-electron chi connectivity index (χ1n) is 8.88. The molecular formula is C20H27N3O4S. The molecule has 0 radical (unpaired) electrons. The molecule has 0 saturated carbocycles. The molecule has 152 valence electrons. The van der Waals surface area contributed by atoms with Crippen LogP contribution in [-0.2, 0) is 10.2 Å². The average molecular weight is 406 g/mol. The van der Waals surface area contributed by atoms with Crippen molar-refractivity contribution in [2.75, 3.05) is 32.1 Å². The van der Waals surface area contributed by atoms with Crippen LogP contribution >= 0.6 is 0 Å². The third-order valence-corrected chi connectivity index (χ3v) is 6.02. The summed E-state index contributed by atoms with van der Waals surface area (Å²) in [6.07, 6.45) is 0. The van der Waals surface area contributed by atoms with Crippen LogP contribution in [0.3, 0.4) is 0 Å². The van der Waals surface area contributed by atoms with Crippen molar-refractivity contribution in [1.29, 1.82) is 0 Å². The Morgan fingerprint density at radius 1 is 1.04 bits per heavy atom. The lowest BCUT2D eigenvalue weighted by Crippen LogP contribution is -2.37. The van der Waals surface area contributed by atoms with Crippen LogP contribution in [0.15, 0.2) is 48.5 Å². The largest absolute Gasteiger partial charge is 0.491 e. The Kier molecular flexibility index (Phi) is 7.04. The number of hydrogen-bond donors (Lipinski definition) is 1. The first-order valence-corrected chi connectivity index (χ1v) is 10.3. The maximum absolute atomic E-state index is 12.4. The monoisotopic (exact) mass is 405 g/mol. The molecule has 0 spiro atoms. The zero-order chi connectivity index (χ0) is 20.9. The first-order chi connectivity index (χ1) is 13.1. The smallest absolute Gasteiger partial charge is 0.303 e. The molecule has 0 bridgehead atoms. The van der Waals surface area contributed by atoms with Gasteiger partial charge in [0.2, 0.25) is 0 Å². The second-order valence-corrected chi connectivity index (χ2v) is 8.98. The van der Waals surface area contributed by atoms with E-state index in [9.17, 15) is 13.2 Å². The van der Waals surface area contributed by atoms with Gasteiger partial charge in [0.15, 0.2) is 0 Å². The minimum atomic E-state index is -3.57. The highest BCUT2D eigenvalue weighted by Gasteiger charge is 2.21. The van der Waals surface area contributed by atoms with E-state index in [-0.39, 0.29) is 11.9 Å². The lowest BCUT2D eigenvalue weighted by Gasteiger charge is -2.23. The summed E-state index contributed by atoms with van der Waals surface area (Å²) in [6.45, 7) is 4.21. The van der Waals surface area contributed by atoms with E-state index in [1.165, 1.54) is 21.1 Å². The Morgan fingerprint density at radius 3 is 2.14 bits per heavy atom. The molecule has 1 amide bonds. The molecule has 0 aliphatic rings. The van der Waals surface area contributed by atoms with Gasteiger partial charge in [-0.05, 0) is 50.2 Å². The van der Waals surface area contributed by atoms with Crippen LogP contribution in [0.1, 0.15) is 22.8 Å². The molecule has 1 atom stereocenters. The third-order valence-electron chi connectivity index (χ3n) is 4.20. The summed E-state index contributed by atoms with van der Waals surface area (Å²) < 4.78 is 32.3. The molecule has 2 rings (SSSR count). The van der Waals surface area contributed by atoms with Crippen LogP contribution in [0.5, 0.6) is 5.75 Å². The molecular weight excluding hydrogens is 378 g/mol. The highest BCUT2D eigenvalue weighted by molar-refractivity contribution is 7.90. The lowest BCUT2D eigenvalue weighted by molar-refractivity contribution is 0.0926. The molecule has 28 heavy (non-hydrogen) atoms. The second kappa shape index (κ2) is 9.07. The fraction of sp³-hybridized carbons (Fsp3) is 0.350. The number of nitrogens with one attached hydrogen (secondary N) is 1. The van der Waals surface area contributed by atoms with Crippen molar-refractivity contribution in [3.05, 3.63) is 59.7 Å². The SMILES string of the molecule is Cc1ccc(OCC(C)NC(=O)c2ccc(N(C)S(=O)(=O)N(C)C)cc2)cc1. The molecule has 0 heterocycles. The number of rotatable bonds is 8. The molecule has 0 fully saturated rings. The van der Waals surface area contributed by atoms with Gasteiger partial charge >= 0.3 is 10.2 Å². The van der Waals surface area contributed by atoms with Gasteiger partial charge in [0, 0.05) is 26.7 Å². The fourth-order valence-electron chi connectivity index (χ4n) is 2.41. The van der Waals surface area contributed by atoms with Gasteiger partial charge in [0.05, 0.1) is 11.7 Å². The van der Waals surface area contributed by atoms with Gasteiger partial charge in [0.1, 0.15) is 12.4 Å². The zero-order valence-corrected chi connectivity index (χ0v) is 17.7. The first kappa shape index (κ1) is 21.7. The maximum atomic E-state index is 12.4. The quantitative estimate of drug-likeness (QED) is 0.732. The summed E-state index contributed by atoms with van der Waals surface area (Å²) in [5.41, 5.74) is 2.07. The number of aryl methyl sites for hydroxylation is 1. The topological polar surface area (TPSA) is 79.0 Å². The van der Waals surface area contributed by atoms with Crippen molar-refractivity contribution >= 4 is 21.8 Å². The van der Waals surface area contributed by atoms with Crippen molar-refractivity contribution in [1.82, 2.24) is 9.62 Å². The van der Waals surface area contributed by atoms with Gasteiger partial charge in [0.25, 0.3) is 5.91 Å². The molecule has 8 heteroatoms. The predicted molar refractivity (Wildman–Crippen MR) is 111 cm³/mol. The molecule has 0 aromatic heterocycles. The van der Waals surface area contributed by atoms with E-state index in [0.717, 1.165) is 19.9 Å². The standard InChI is InChI=1S/C20H27N3O4S/c1-15-6-12-19(13-7-15)27-14-16(2)21-20(24)17-8-10-18(11-9-17)23(5)28(25,26)22(3)4/h6-13,16H,14H2,1-5H3,(H,21,24). The fourth-order valence-corrected chi connectivity index (χ4v) is 3.28. The van der Waals surface area contributed by atoms with Crippen LogP contribution in [-0.4, -0.2) is 52.4 Å². The summed E-state index contributed by atoms with van der Waals surface area (Å²) in [5, 5.41) is 2.87. The van der Waals surface area contributed by atoms with Crippen LogP contribution in [0.2, 0.25) is 0 Å². The zero-order valence-electron chi connectivity index (χ0n) is 16.8. The van der Waals surface area contributed by atoms with Crippen LogP contribution in [0.25, 0.3) is 0 Å². The van der Waals surface area contributed by atoms with E-state index < -0.39 is 10.2 Å². The summed E-state index contributed by atoms with van der Waals surface area (Å²) in [5.74, 6) is 0.505. The Bertz CT molecular complexity index is 894. The number of benzene rings is 2. The minimum absolute atomic E-state index is 0.190. The summed E-state index contributed by atoms with van der Waals surface area (Å²) in [6, 6.07) is 13.9. The molecule has 0 aliphatic carbocycles. The number of amides is 1. The van der Waals surface area contributed by atoms with Gasteiger partial charge < -0.3 is 10.1 Å². The molecule has 1 N–H and O–H groups in total. The number of hydrogen-bond acceptors (Lipinski definition) is 4. The predicted octanol–water partition coefficient (Wildman–Crippen LogP) is 2.43. The molecule has 0 aliphatic heterocycles. The Balaban J connectivity index is 1.94. The van der Waals surface area contributed by atoms with Gasteiger partial charge in [-0.25, -0.2) is 0 Å². The number of anilines is 1. The number of carbonyl (C=O) groups is 1. The molecule has 0 saturated heterocycles. The van der Waals surface area contributed by atoms with E-state index >= 15 is 0 Å². The van der Waals surface area contributed by atoms with Crippen molar-refractivity contribution in [3.8, 4) is 5.75 Å². The van der Waals surface area contributed by atoms with Crippen molar-refractivity contribution in [2.45, 2.75) is 19.9 Å². The summed E-state index contributed by atoms with van der Waals surface area (Å²) >= 11 is 0. The molecule has 2 aromatic carbocycles. The van der Waals surface area contributed by atoms with E-state index in [2.05, 4.69) is 5.32 Å². The minimum Gasteiger partial charge on any atom is -0.491 e. The molecule has 2 aromatic rings. The Hall–Kier alpha value is -2.58. The Morgan fingerprint density at radius 2 is 1.61 bits per heavy atom. The van der Waals surface area contributed by atoms with E-state index in [1.54, 1.807) is 24.3 Å². The van der Waals surface area contributed by atoms with Gasteiger partial charge in [-0.3, -0.25) is 9.10 Å². The van der Waals surface area contributed by atoms with E-state index in [1.807, 2.05) is 38.1 Å². The van der Waals surface area contributed by atoms with Gasteiger partial charge in [-0.15, -0.1) is 0 Å². The van der Waals surface area contributed by atoms with Gasteiger partial charge in [-0.1, -0.05) is 17.7 Å². The normalized spacial score (nSPS) is 12.5. The number of carbonyl (C=O) groups excluding carboxylic acids is 1. The van der Waals surface area contributed by atoms with Crippen molar-refractivity contribution < 1.29 is 17.9 Å². The maximum Gasteiger partial charge on any atom is 0.303 e. The molecule has 7 nitrogen and oxygen atoms in total.